The number of carbonyl (C=O) groups is 1. The van der Waals surface area contributed by atoms with Crippen molar-refractivity contribution in [1.29, 1.82) is 0 Å². The van der Waals surface area contributed by atoms with Crippen LogP contribution in [0.2, 0.25) is 10.0 Å². The van der Waals surface area contributed by atoms with E-state index in [1.54, 1.807) is 18.2 Å². The largest absolute Gasteiger partial charge is 0.480 e. The van der Waals surface area contributed by atoms with Crippen molar-refractivity contribution >= 4 is 29.2 Å². The Bertz CT molecular complexity index is 461. The number of aliphatic carboxylic acids is 1. The predicted octanol–water partition coefficient (Wildman–Crippen LogP) is 2.89. The molecule has 2 rings (SSSR count). The lowest BCUT2D eigenvalue weighted by Crippen LogP contribution is -2.34. The maximum absolute atomic E-state index is 11.4. The van der Waals surface area contributed by atoms with E-state index in [0.717, 1.165) is 19.4 Å². The van der Waals surface area contributed by atoms with Crippen LogP contribution in [0.15, 0.2) is 18.2 Å². The van der Waals surface area contributed by atoms with Gasteiger partial charge in [-0.2, -0.15) is 0 Å². The minimum Gasteiger partial charge on any atom is -0.480 e. The zero-order valence-electron chi connectivity index (χ0n) is 10.2. The lowest BCUT2D eigenvalue weighted by atomic mass is 10.1. The zero-order valence-corrected chi connectivity index (χ0v) is 11.7. The molecule has 0 saturated carbocycles. The quantitative estimate of drug-likeness (QED) is 0.878. The zero-order chi connectivity index (χ0) is 13.8. The fourth-order valence-corrected chi connectivity index (χ4v) is 2.55. The number of carboxylic acid groups (broad SMARTS) is 1. The van der Waals surface area contributed by atoms with Gasteiger partial charge in [0.25, 0.3) is 0 Å². The molecule has 1 aliphatic rings. The van der Waals surface area contributed by atoms with Crippen LogP contribution in [0.25, 0.3) is 0 Å². The first-order valence-electron chi connectivity index (χ1n) is 6.11. The Balaban J connectivity index is 2.10. The molecule has 2 unspecified atom stereocenters. The summed E-state index contributed by atoms with van der Waals surface area (Å²) in [6, 6.07) is 4.10. The van der Waals surface area contributed by atoms with Crippen molar-refractivity contribution in [2.24, 2.45) is 0 Å². The first kappa shape index (κ1) is 14.6. The lowest BCUT2D eigenvalue weighted by molar-refractivity contribution is -0.139. The van der Waals surface area contributed by atoms with Crippen molar-refractivity contribution in [1.82, 2.24) is 5.32 Å². The first-order valence-corrected chi connectivity index (χ1v) is 6.87. The highest BCUT2D eigenvalue weighted by Crippen LogP contribution is 2.30. The number of benzene rings is 1. The van der Waals surface area contributed by atoms with Crippen LogP contribution in [-0.4, -0.2) is 30.3 Å². The van der Waals surface area contributed by atoms with E-state index in [1.165, 1.54) is 0 Å². The van der Waals surface area contributed by atoms with Crippen molar-refractivity contribution in [3.63, 3.8) is 0 Å². The summed E-state index contributed by atoms with van der Waals surface area (Å²) in [5.74, 6) is -0.984. The Morgan fingerprint density at radius 2 is 2.32 bits per heavy atom. The van der Waals surface area contributed by atoms with Crippen LogP contribution in [0.4, 0.5) is 0 Å². The van der Waals surface area contributed by atoms with E-state index in [4.69, 9.17) is 27.9 Å². The molecule has 104 valence electrons. The average molecular weight is 304 g/mol. The third-order valence-electron chi connectivity index (χ3n) is 3.11. The lowest BCUT2D eigenvalue weighted by Gasteiger charge is -2.19. The molecule has 0 aromatic heterocycles. The van der Waals surface area contributed by atoms with Gasteiger partial charge < -0.3 is 9.84 Å². The van der Waals surface area contributed by atoms with Crippen molar-refractivity contribution in [2.45, 2.75) is 25.0 Å². The van der Waals surface area contributed by atoms with E-state index in [-0.39, 0.29) is 11.1 Å². The smallest absolute Gasteiger partial charge is 0.325 e. The molecule has 2 atom stereocenters. The Kier molecular flexibility index (Phi) is 5.05. The summed E-state index contributed by atoms with van der Waals surface area (Å²) < 4.78 is 5.46. The maximum Gasteiger partial charge on any atom is 0.325 e. The van der Waals surface area contributed by atoms with E-state index in [9.17, 15) is 9.90 Å². The molecule has 2 N–H and O–H groups in total. The number of nitrogens with one attached hydrogen (secondary N) is 1. The Morgan fingerprint density at radius 1 is 1.53 bits per heavy atom. The molecule has 0 amide bonds. The highest BCUT2D eigenvalue weighted by atomic mass is 35.5. The minimum atomic E-state index is -0.984. The third-order valence-corrected chi connectivity index (χ3v) is 3.95. The summed E-state index contributed by atoms with van der Waals surface area (Å²) in [4.78, 5) is 11.4. The van der Waals surface area contributed by atoms with E-state index in [0.29, 0.717) is 17.1 Å². The summed E-state index contributed by atoms with van der Waals surface area (Å²) in [6.07, 6.45) is 2.03. The standard InChI is InChI=1S/C13H15Cl2NO3/c14-10-5-1-4-9(11(10)15)12(13(17)18)16-7-8-3-2-6-19-8/h1,4-5,8,12,16H,2-3,6-7H2,(H,17,18). The van der Waals surface area contributed by atoms with Gasteiger partial charge in [-0.1, -0.05) is 35.3 Å². The van der Waals surface area contributed by atoms with Gasteiger partial charge in [0.1, 0.15) is 6.04 Å². The molecule has 0 radical (unpaired) electrons. The molecule has 1 aliphatic heterocycles. The van der Waals surface area contributed by atoms with Gasteiger partial charge in [0.15, 0.2) is 0 Å². The number of rotatable bonds is 5. The molecule has 0 bridgehead atoms. The summed E-state index contributed by atoms with van der Waals surface area (Å²) in [5, 5.41) is 12.9. The number of halogens is 2. The number of hydrogen-bond acceptors (Lipinski definition) is 3. The van der Waals surface area contributed by atoms with Gasteiger partial charge in [0.05, 0.1) is 16.1 Å². The van der Waals surface area contributed by atoms with E-state index >= 15 is 0 Å². The molecule has 6 heteroatoms. The normalized spacial score (nSPS) is 20.4. The van der Waals surface area contributed by atoms with Crippen LogP contribution in [0, 0.1) is 0 Å². The fourth-order valence-electron chi connectivity index (χ4n) is 2.13. The molecule has 19 heavy (non-hydrogen) atoms. The minimum absolute atomic E-state index is 0.0693. The Morgan fingerprint density at radius 3 is 2.95 bits per heavy atom. The van der Waals surface area contributed by atoms with Gasteiger partial charge in [-0.15, -0.1) is 0 Å². The summed E-state index contributed by atoms with van der Waals surface area (Å²) >= 11 is 12.0. The second-order valence-electron chi connectivity index (χ2n) is 4.46. The SMILES string of the molecule is O=C(O)C(NCC1CCCO1)c1cccc(Cl)c1Cl. The predicted molar refractivity (Wildman–Crippen MR) is 73.8 cm³/mol. The van der Waals surface area contributed by atoms with Crippen molar-refractivity contribution in [3.8, 4) is 0 Å². The molecule has 1 aromatic rings. The highest BCUT2D eigenvalue weighted by Gasteiger charge is 2.25. The molecular weight excluding hydrogens is 289 g/mol. The van der Waals surface area contributed by atoms with Gasteiger partial charge in [-0.3, -0.25) is 10.1 Å². The van der Waals surface area contributed by atoms with Crippen LogP contribution >= 0.6 is 23.2 Å². The van der Waals surface area contributed by atoms with Crippen LogP contribution in [-0.2, 0) is 9.53 Å². The van der Waals surface area contributed by atoms with Crippen LogP contribution in [0.5, 0.6) is 0 Å². The average Bonchev–Trinajstić information content (AvgIpc) is 2.87. The molecule has 0 spiro atoms. The maximum atomic E-state index is 11.4. The fraction of sp³-hybridized carbons (Fsp3) is 0.462. The molecule has 0 aliphatic carbocycles. The van der Waals surface area contributed by atoms with Gasteiger partial charge in [-0.25, -0.2) is 0 Å². The Labute approximate surface area is 121 Å². The van der Waals surface area contributed by atoms with Gasteiger partial charge in [0.2, 0.25) is 0 Å². The van der Waals surface area contributed by atoms with Crippen molar-refractivity contribution < 1.29 is 14.6 Å². The van der Waals surface area contributed by atoms with Crippen molar-refractivity contribution in [2.75, 3.05) is 13.2 Å². The van der Waals surface area contributed by atoms with Crippen LogP contribution in [0.3, 0.4) is 0 Å². The monoisotopic (exact) mass is 303 g/mol. The summed E-state index contributed by atoms with van der Waals surface area (Å²) in [7, 11) is 0. The summed E-state index contributed by atoms with van der Waals surface area (Å²) in [6.45, 7) is 1.22. The molecule has 1 saturated heterocycles. The summed E-state index contributed by atoms with van der Waals surface area (Å²) in [5.41, 5.74) is 0.472. The topological polar surface area (TPSA) is 58.6 Å². The molecular formula is C13H15Cl2NO3. The molecule has 1 fully saturated rings. The Hall–Kier alpha value is -0.810. The van der Waals surface area contributed by atoms with Crippen molar-refractivity contribution in [3.05, 3.63) is 33.8 Å². The number of ether oxygens (including phenoxy) is 1. The van der Waals surface area contributed by atoms with Gasteiger partial charge in [0, 0.05) is 18.7 Å². The van der Waals surface area contributed by atoms with E-state index in [2.05, 4.69) is 5.32 Å². The van der Waals surface area contributed by atoms with Crippen LogP contribution < -0.4 is 5.32 Å². The van der Waals surface area contributed by atoms with Crippen LogP contribution in [0.1, 0.15) is 24.4 Å². The van der Waals surface area contributed by atoms with Gasteiger partial charge in [-0.05, 0) is 18.9 Å². The molecule has 1 aromatic carbocycles. The second kappa shape index (κ2) is 6.57. The molecule has 4 nitrogen and oxygen atoms in total. The number of carboxylic acids is 1. The third kappa shape index (κ3) is 3.60. The number of hydrogen-bond donors (Lipinski definition) is 2. The first-order chi connectivity index (χ1) is 9.09. The van der Waals surface area contributed by atoms with E-state index in [1.807, 2.05) is 0 Å². The second-order valence-corrected chi connectivity index (χ2v) is 5.24. The van der Waals surface area contributed by atoms with Gasteiger partial charge >= 0.3 is 5.97 Å². The molecule has 1 heterocycles. The van der Waals surface area contributed by atoms with E-state index < -0.39 is 12.0 Å². The highest BCUT2D eigenvalue weighted by molar-refractivity contribution is 6.42.